The third-order valence-corrected chi connectivity index (χ3v) is 4.04. The number of nitrogens with zero attached hydrogens (tertiary/aromatic N) is 3. The second kappa shape index (κ2) is 8.38. The first-order valence-corrected chi connectivity index (χ1v) is 8.18. The molecule has 1 aromatic heterocycles. The number of aryl methyl sites for hydroxylation is 1. The summed E-state index contributed by atoms with van der Waals surface area (Å²) in [5, 5.41) is 11.6. The van der Waals surface area contributed by atoms with Gasteiger partial charge in [0.2, 0.25) is 5.91 Å². The zero-order valence-electron chi connectivity index (χ0n) is 13.3. The normalized spacial score (nSPS) is 10.3. The van der Waals surface area contributed by atoms with Crippen LogP contribution in [0.1, 0.15) is 11.4 Å². The van der Waals surface area contributed by atoms with Gasteiger partial charge in [0.1, 0.15) is 12.4 Å². The zero-order valence-corrected chi connectivity index (χ0v) is 14.1. The van der Waals surface area contributed by atoms with Crippen LogP contribution < -0.4 is 10.1 Å². The van der Waals surface area contributed by atoms with Gasteiger partial charge in [-0.1, -0.05) is 30.0 Å². The maximum Gasteiger partial charge on any atom is 0.230 e. The first-order valence-electron chi connectivity index (χ1n) is 7.20. The molecule has 2 aromatic rings. The van der Waals surface area contributed by atoms with E-state index in [0.29, 0.717) is 29.9 Å². The van der Waals surface area contributed by atoms with Gasteiger partial charge >= 0.3 is 0 Å². The van der Waals surface area contributed by atoms with Crippen LogP contribution in [0.15, 0.2) is 42.1 Å². The largest absolute Gasteiger partial charge is 0.486 e. The summed E-state index contributed by atoms with van der Waals surface area (Å²) in [6, 6.07) is 7.84. The Balaban J connectivity index is 2.07. The molecule has 0 aliphatic carbocycles. The van der Waals surface area contributed by atoms with E-state index in [2.05, 4.69) is 22.1 Å². The van der Waals surface area contributed by atoms with Crippen molar-refractivity contribution in [2.45, 2.75) is 25.2 Å². The number of aromatic nitrogens is 3. The lowest BCUT2D eigenvalue weighted by molar-refractivity contribution is -0.118. The van der Waals surface area contributed by atoms with Crippen molar-refractivity contribution >= 4 is 17.7 Å². The van der Waals surface area contributed by atoms with E-state index < -0.39 is 0 Å². The first-order chi connectivity index (χ1) is 11.1. The molecule has 0 radical (unpaired) electrons. The number of benzene rings is 1. The van der Waals surface area contributed by atoms with E-state index in [1.807, 2.05) is 35.8 Å². The molecule has 1 aromatic carbocycles. The predicted octanol–water partition coefficient (Wildman–Crippen LogP) is 2.19. The van der Waals surface area contributed by atoms with E-state index >= 15 is 0 Å². The Labute approximate surface area is 139 Å². The summed E-state index contributed by atoms with van der Waals surface area (Å²) in [4.78, 5) is 11.4. The SMILES string of the molecule is C=CCn1c(COc2cccc(C)c2)nnc1SCC(=O)NC. The van der Waals surface area contributed by atoms with Crippen molar-refractivity contribution in [1.82, 2.24) is 20.1 Å². The fourth-order valence-corrected chi connectivity index (χ4v) is 2.74. The molecule has 6 nitrogen and oxygen atoms in total. The quantitative estimate of drug-likeness (QED) is 0.593. The van der Waals surface area contributed by atoms with Gasteiger partial charge in [0.25, 0.3) is 0 Å². The molecule has 2 rings (SSSR count). The average molecular weight is 332 g/mol. The van der Waals surface area contributed by atoms with Gasteiger partial charge in [-0.05, 0) is 24.6 Å². The summed E-state index contributed by atoms with van der Waals surface area (Å²) in [7, 11) is 1.61. The van der Waals surface area contributed by atoms with E-state index in [4.69, 9.17) is 4.74 Å². The topological polar surface area (TPSA) is 69.0 Å². The Kier molecular flexibility index (Phi) is 6.22. The Morgan fingerprint density at radius 1 is 1.48 bits per heavy atom. The Morgan fingerprint density at radius 3 is 3.00 bits per heavy atom. The fraction of sp³-hybridized carbons (Fsp3) is 0.312. The van der Waals surface area contributed by atoms with Crippen LogP contribution in [0.5, 0.6) is 5.75 Å². The van der Waals surface area contributed by atoms with Crippen LogP contribution in [-0.4, -0.2) is 33.5 Å². The third kappa shape index (κ3) is 4.85. The molecular formula is C16H20N4O2S. The van der Waals surface area contributed by atoms with Crippen LogP contribution >= 0.6 is 11.8 Å². The summed E-state index contributed by atoms with van der Waals surface area (Å²) >= 11 is 1.34. The van der Waals surface area contributed by atoms with Crippen LogP contribution in [0.4, 0.5) is 0 Å². The Hall–Kier alpha value is -2.28. The van der Waals surface area contributed by atoms with Crippen molar-refractivity contribution in [3.63, 3.8) is 0 Å². The van der Waals surface area contributed by atoms with Crippen LogP contribution in [0, 0.1) is 6.92 Å². The first kappa shape index (κ1) is 17.1. The molecule has 0 unspecified atom stereocenters. The smallest absolute Gasteiger partial charge is 0.230 e. The van der Waals surface area contributed by atoms with Crippen molar-refractivity contribution in [1.29, 1.82) is 0 Å². The standard InChI is InChI=1S/C16H20N4O2S/c1-4-8-20-14(10-22-13-7-5-6-12(2)9-13)18-19-16(20)23-11-15(21)17-3/h4-7,9H,1,8,10-11H2,2-3H3,(H,17,21). The lowest BCUT2D eigenvalue weighted by atomic mass is 10.2. The highest BCUT2D eigenvalue weighted by atomic mass is 32.2. The van der Waals surface area contributed by atoms with E-state index in [1.54, 1.807) is 13.1 Å². The molecule has 1 heterocycles. The molecule has 0 spiro atoms. The van der Waals surface area contributed by atoms with Gasteiger partial charge in [-0.25, -0.2) is 0 Å². The molecule has 7 heteroatoms. The van der Waals surface area contributed by atoms with Crippen LogP contribution in [-0.2, 0) is 17.9 Å². The summed E-state index contributed by atoms with van der Waals surface area (Å²) in [5.41, 5.74) is 1.14. The molecule has 1 amide bonds. The van der Waals surface area contributed by atoms with Crippen LogP contribution in [0.25, 0.3) is 0 Å². The molecule has 0 fully saturated rings. The summed E-state index contributed by atoms with van der Waals surface area (Å²) in [6.07, 6.45) is 1.77. The maximum atomic E-state index is 11.4. The number of hydrogen-bond donors (Lipinski definition) is 1. The number of allylic oxidation sites excluding steroid dienone is 1. The van der Waals surface area contributed by atoms with Gasteiger partial charge in [0, 0.05) is 13.6 Å². The van der Waals surface area contributed by atoms with Gasteiger partial charge in [0.15, 0.2) is 11.0 Å². The van der Waals surface area contributed by atoms with Crippen molar-refractivity contribution in [2.24, 2.45) is 0 Å². The van der Waals surface area contributed by atoms with Gasteiger partial charge < -0.3 is 10.1 Å². The number of carbonyl (C=O) groups is 1. The minimum atomic E-state index is -0.0549. The van der Waals surface area contributed by atoms with Crippen LogP contribution in [0.3, 0.4) is 0 Å². The highest BCUT2D eigenvalue weighted by Crippen LogP contribution is 2.19. The van der Waals surface area contributed by atoms with Crippen molar-refractivity contribution in [2.75, 3.05) is 12.8 Å². The van der Waals surface area contributed by atoms with E-state index in [-0.39, 0.29) is 5.91 Å². The average Bonchev–Trinajstić information content (AvgIpc) is 2.93. The molecule has 0 saturated carbocycles. The van der Waals surface area contributed by atoms with Crippen molar-refractivity contribution < 1.29 is 9.53 Å². The molecular weight excluding hydrogens is 312 g/mol. The zero-order chi connectivity index (χ0) is 16.7. The van der Waals surface area contributed by atoms with Crippen molar-refractivity contribution in [3.05, 3.63) is 48.3 Å². The van der Waals surface area contributed by atoms with Crippen molar-refractivity contribution in [3.8, 4) is 5.75 Å². The fourth-order valence-electron chi connectivity index (χ4n) is 1.90. The van der Waals surface area contributed by atoms with E-state index in [1.165, 1.54) is 11.8 Å². The summed E-state index contributed by atoms with van der Waals surface area (Å²) in [6.45, 7) is 6.64. The number of rotatable bonds is 8. The number of carbonyl (C=O) groups excluding carboxylic acids is 1. The third-order valence-electron chi connectivity index (χ3n) is 3.07. The number of ether oxygens (including phenoxy) is 1. The van der Waals surface area contributed by atoms with E-state index in [0.717, 1.165) is 11.3 Å². The molecule has 0 aliphatic heterocycles. The van der Waals surface area contributed by atoms with Gasteiger partial charge in [-0.3, -0.25) is 9.36 Å². The molecule has 1 N–H and O–H groups in total. The number of hydrogen-bond acceptors (Lipinski definition) is 5. The molecule has 23 heavy (non-hydrogen) atoms. The molecule has 0 aliphatic rings. The maximum absolute atomic E-state index is 11.4. The highest BCUT2D eigenvalue weighted by Gasteiger charge is 2.13. The van der Waals surface area contributed by atoms with Gasteiger partial charge in [0.05, 0.1) is 5.75 Å². The molecule has 122 valence electrons. The second-order valence-electron chi connectivity index (χ2n) is 4.87. The summed E-state index contributed by atoms with van der Waals surface area (Å²) < 4.78 is 7.67. The highest BCUT2D eigenvalue weighted by molar-refractivity contribution is 7.99. The second-order valence-corrected chi connectivity index (χ2v) is 5.81. The number of nitrogens with one attached hydrogen (secondary N) is 1. The minimum absolute atomic E-state index is 0.0549. The molecule has 0 saturated heterocycles. The molecule has 0 atom stereocenters. The monoisotopic (exact) mass is 332 g/mol. The predicted molar refractivity (Wildman–Crippen MR) is 90.5 cm³/mol. The lowest BCUT2D eigenvalue weighted by Crippen LogP contribution is -2.20. The lowest BCUT2D eigenvalue weighted by Gasteiger charge is -2.09. The number of thioether (sulfide) groups is 1. The van der Waals surface area contributed by atoms with E-state index in [9.17, 15) is 4.79 Å². The Bertz CT molecular complexity index is 684. The van der Waals surface area contributed by atoms with Gasteiger partial charge in [-0.15, -0.1) is 16.8 Å². The minimum Gasteiger partial charge on any atom is -0.486 e. The van der Waals surface area contributed by atoms with Crippen LogP contribution in [0.2, 0.25) is 0 Å². The van der Waals surface area contributed by atoms with Gasteiger partial charge in [-0.2, -0.15) is 0 Å². The number of amides is 1. The Morgan fingerprint density at radius 2 is 2.30 bits per heavy atom. The summed E-state index contributed by atoms with van der Waals surface area (Å²) in [5.74, 6) is 1.73. The molecule has 0 bridgehead atoms.